The first-order chi connectivity index (χ1) is 9.58. The SMILES string of the molecule is CC(C)c1nn(-c2ccc(Cl)nn2)c2c1C(=O)CCC2. The molecule has 2 heterocycles. The minimum absolute atomic E-state index is 0.183. The summed E-state index contributed by atoms with van der Waals surface area (Å²) >= 11 is 5.76. The Hall–Kier alpha value is -1.75. The second-order valence-corrected chi connectivity index (χ2v) is 5.65. The van der Waals surface area contributed by atoms with Crippen LogP contribution in [0.25, 0.3) is 5.82 Å². The first-order valence-electron chi connectivity index (χ1n) is 6.72. The minimum Gasteiger partial charge on any atom is -0.294 e. The van der Waals surface area contributed by atoms with Gasteiger partial charge in [0, 0.05) is 6.42 Å². The summed E-state index contributed by atoms with van der Waals surface area (Å²) in [5, 5.41) is 12.8. The summed E-state index contributed by atoms with van der Waals surface area (Å²) in [5.74, 6) is 0.989. The molecular weight excluding hydrogens is 276 g/mol. The quantitative estimate of drug-likeness (QED) is 0.853. The molecule has 0 N–H and O–H groups in total. The lowest BCUT2D eigenvalue weighted by molar-refractivity contribution is 0.0971. The summed E-state index contributed by atoms with van der Waals surface area (Å²) in [6, 6.07) is 3.45. The number of hydrogen-bond acceptors (Lipinski definition) is 4. The fraction of sp³-hybridized carbons (Fsp3) is 0.429. The van der Waals surface area contributed by atoms with Crippen LogP contribution in [0.4, 0.5) is 0 Å². The van der Waals surface area contributed by atoms with Gasteiger partial charge in [-0.25, -0.2) is 4.68 Å². The van der Waals surface area contributed by atoms with Gasteiger partial charge in [-0.05, 0) is 30.9 Å². The van der Waals surface area contributed by atoms with Crippen molar-refractivity contribution in [2.24, 2.45) is 0 Å². The smallest absolute Gasteiger partial charge is 0.176 e. The average molecular weight is 291 g/mol. The summed E-state index contributed by atoms with van der Waals surface area (Å²) in [4.78, 5) is 12.2. The summed E-state index contributed by atoms with van der Waals surface area (Å²) in [6.07, 6.45) is 2.30. The van der Waals surface area contributed by atoms with E-state index < -0.39 is 0 Å². The lowest BCUT2D eigenvalue weighted by Gasteiger charge is -2.13. The van der Waals surface area contributed by atoms with Gasteiger partial charge in [-0.1, -0.05) is 25.4 Å². The molecule has 0 saturated carbocycles. The summed E-state index contributed by atoms with van der Waals surface area (Å²) < 4.78 is 1.74. The third kappa shape index (κ3) is 2.12. The van der Waals surface area contributed by atoms with Gasteiger partial charge in [0.1, 0.15) is 0 Å². The Balaban J connectivity index is 2.19. The highest BCUT2D eigenvalue weighted by Gasteiger charge is 2.28. The van der Waals surface area contributed by atoms with E-state index in [9.17, 15) is 4.79 Å². The molecule has 0 fully saturated rings. The Kier molecular flexibility index (Phi) is 3.30. The van der Waals surface area contributed by atoms with Gasteiger partial charge in [0.15, 0.2) is 16.8 Å². The number of aromatic nitrogens is 4. The molecule has 1 aliphatic rings. The lowest BCUT2D eigenvalue weighted by Crippen LogP contribution is -2.14. The van der Waals surface area contributed by atoms with E-state index in [1.54, 1.807) is 16.8 Å². The van der Waals surface area contributed by atoms with E-state index in [4.69, 9.17) is 11.6 Å². The number of hydrogen-bond donors (Lipinski definition) is 0. The van der Waals surface area contributed by atoms with E-state index in [0.717, 1.165) is 29.8 Å². The van der Waals surface area contributed by atoms with Crippen molar-refractivity contribution in [1.29, 1.82) is 0 Å². The highest BCUT2D eigenvalue weighted by molar-refractivity contribution is 6.29. The van der Waals surface area contributed by atoms with Gasteiger partial charge in [0.05, 0.1) is 17.0 Å². The van der Waals surface area contributed by atoms with E-state index >= 15 is 0 Å². The monoisotopic (exact) mass is 290 g/mol. The number of carbonyl (C=O) groups is 1. The Morgan fingerprint density at radius 2 is 2.05 bits per heavy atom. The molecule has 2 aromatic rings. The second-order valence-electron chi connectivity index (χ2n) is 5.26. The van der Waals surface area contributed by atoms with Crippen LogP contribution in [0.15, 0.2) is 12.1 Å². The van der Waals surface area contributed by atoms with Crippen LogP contribution in [0.5, 0.6) is 0 Å². The van der Waals surface area contributed by atoms with Crippen molar-refractivity contribution in [2.45, 2.75) is 39.0 Å². The molecular formula is C14H15ClN4O. The molecule has 6 heteroatoms. The van der Waals surface area contributed by atoms with Crippen LogP contribution in [0, 0.1) is 0 Å². The molecule has 3 rings (SSSR count). The third-order valence-corrected chi connectivity index (χ3v) is 3.69. The second kappa shape index (κ2) is 4.98. The summed E-state index contributed by atoms with van der Waals surface area (Å²) in [7, 11) is 0. The van der Waals surface area contributed by atoms with Crippen LogP contribution >= 0.6 is 11.6 Å². The summed E-state index contributed by atoms with van der Waals surface area (Å²) in [6.45, 7) is 4.09. The number of carbonyl (C=O) groups excluding carboxylic acids is 1. The van der Waals surface area contributed by atoms with Crippen LogP contribution in [0.1, 0.15) is 54.4 Å². The van der Waals surface area contributed by atoms with Gasteiger partial charge in [0.2, 0.25) is 0 Å². The largest absolute Gasteiger partial charge is 0.294 e. The van der Waals surface area contributed by atoms with Crippen LogP contribution < -0.4 is 0 Å². The predicted octanol–water partition coefficient (Wildman–Crippen LogP) is 2.96. The fourth-order valence-electron chi connectivity index (χ4n) is 2.56. The molecule has 0 saturated heterocycles. The molecule has 0 bridgehead atoms. The van der Waals surface area contributed by atoms with Gasteiger partial charge in [-0.2, -0.15) is 5.10 Å². The fourth-order valence-corrected chi connectivity index (χ4v) is 2.66. The van der Waals surface area contributed by atoms with Gasteiger partial charge in [-0.15, -0.1) is 10.2 Å². The first kappa shape index (κ1) is 13.2. The predicted molar refractivity (Wildman–Crippen MR) is 75.5 cm³/mol. The van der Waals surface area contributed by atoms with E-state index in [1.165, 1.54) is 0 Å². The zero-order valence-corrected chi connectivity index (χ0v) is 12.2. The van der Waals surface area contributed by atoms with Crippen molar-refractivity contribution < 1.29 is 4.79 Å². The molecule has 0 aromatic carbocycles. The molecule has 0 unspecified atom stereocenters. The number of ketones is 1. The van der Waals surface area contributed by atoms with Crippen LogP contribution in [-0.4, -0.2) is 25.8 Å². The summed E-state index contributed by atoms with van der Waals surface area (Å²) in [5.41, 5.74) is 2.58. The normalized spacial score (nSPS) is 14.7. The zero-order chi connectivity index (χ0) is 14.3. The Morgan fingerprint density at radius 3 is 2.70 bits per heavy atom. The molecule has 0 aliphatic heterocycles. The van der Waals surface area contributed by atoms with Crippen molar-refractivity contribution in [3.8, 4) is 5.82 Å². The molecule has 0 spiro atoms. The molecule has 104 valence electrons. The molecule has 5 nitrogen and oxygen atoms in total. The Labute approximate surface area is 122 Å². The molecule has 0 amide bonds. The number of fused-ring (bicyclic) bond motifs is 1. The van der Waals surface area contributed by atoms with Gasteiger partial charge >= 0.3 is 0 Å². The standard InChI is InChI=1S/C14H15ClN4O/c1-8(2)14-13-9(4-3-5-10(13)20)19(18-14)12-7-6-11(15)16-17-12/h6-8H,3-5H2,1-2H3. The maximum Gasteiger partial charge on any atom is 0.176 e. The highest BCUT2D eigenvalue weighted by atomic mass is 35.5. The third-order valence-electron chi connectivity index (χ3n) is 3.49. The number of nitrogens with zero attached hydrogens (tertiary/aromatic N) is 4. The van der Waals surface area contributed by atoms with Crippen molar-refractivity contribution in [3.05, 3.63) is 34.2 Å². The molecule has 1 aliphatic carbocycles. The maximum absolute atomic E-state index is 12.2. The molecule has 0 atom stereocenters. The number of rotatable bonds is 2. The number of Topliss-reactive ketones (excluding diaryl/α,β-unsaturated/α-hetero) is 1. The Bertz CT molecular complexity index is 661. The number of halogens is 1. The molecule has 0 radical (unpaired) electrons. The van der Waals surface area contributed by atoms with E-state index in [1.807, 2.05) is 13.8 Å². The first-order valence-corrected chi connectivity index (χ1v) is 7.10. The van der Waals surface area contributed by atoms with Crippen molar-refractivity contribution in [3.63, 3.8) is 0 Å². The van der Waals surface area contributed by atoms with E-state index in [0.29, 0.717) is 17.4 Å². The van der Waals surface area contributed by atoms with Crippen molar-refractivity contribution in [1.82, 2.24) is 20.0 Å². The topological polar surface area (TPSA) is 60.7 Å². The van der Waals surface area contributed by atoms with Crippen molar-refractivity contribution >= 4 is 17.4 Å². The van der Waals surface area contributed by atoms with Gasteiger partial charge < -0.3 is 0 Å². The average Bonchev–Trinajstić information content (AvgIpc) is 2.81. The molecule has 20 heavy (non-hydrogen) atoms. The van der Waals surface area contributed by atoms with Crippen LogP contribution in [-0.2, 0) is 6.42 Å². The Morgan fingerprint density at radius 1 is 1.25 bits per heavy atom. The van der Waals surface area contributed by atoms with Gasteiger partial charge in [-0.3, -0.25) is 4.79 Å². The van der Waals surface area contributed by atoms with Crippen LogP contribution in [0.2, 0.25) is 5.15 Å². The van der Waals surface area contributed by atoms with Crippen LogP contribution in [0.3, 0.4) is 0 Å². The highest BCUT2D eigenvalue weighted by Crippen LogP contribution is 2.30. The van der Waals surface area contributed by atoms with Gasteiger partial charge in [0.25, 0.3) is 0 Å². The maximum atomic E-state index is 12.2. The zero-order valence-electron chi connectivity index (χ0n) is 11.4. The lowest BCUT2D eigenvalue weighted by atomic mass is 9.91. The molecule has 2 aromatic heterocycles. The van der Waals surface area contributed by atoms with Crippen molar-refractivity contribution in [2.75, 3.05) is 0 Å². The van der Waals surface area contributed by atoms with E-state index in [-0.39, 0.29) is 11.7 Å². The van der Waals surface area contributed by atoms with E-state index in [2.05, 4.69) is 15.3 Å². The minimum atomic E-state index is 0.183.